The van der Waals surface area contributed by atoms with Crippen molar-refractivity contribution in [3.63, 3.8) is 0 Å². The summed E-state index contributed by atoms with van der Waals surface area (Å²) in [4.78, 5) is 8.71. The number of rotatable bonds is 2. The van der Waals surface area contributed by atoms with E-state index in [2.05, 4.69) is 15.1 Å². The summed E-state index contributed by atoms with van der Waals surface area (Å²) in [7, 11) is 0. The van der Waals surface area contributed by atoms with Crippen molar-refractivity contribution >= 4 is 11.3 Å². The predicted octanol–water partition coefficient (Wildman–Crippen LogP) is 1.25. The Morgan fingerprint density at radius 3 is 3.00 bits per heavy atom. The molecule has 0 saturated heterocycles. The van der Waals surface area contributed by atoms with Gasteiger partial charge in [-0.3, -0.25) is 4.98 Å². The van der Waals surface area contributed by atoms with Crippen LogP contribution in [0.4, 0.5) is 0 Å². The van der Waals surface area contributed by atoms with E-state index >= 15 is 0 Å². The summed E-state index contributed by atoms with van der Waals surface area (Å²) in [6.07, 6.45) is 0.926. The van der Waals surface area contributed by atoms with E-state index in [-0.39, 0.29) is 5.89 Å². The van der Waals surface area contributed by atoms with Crippen LogP contribution in [0, 0.1) is 0 Å². The Morgan fingerprint density at radius 2 is 2.46 bits per heavy atom. The van der Waals surface area contributed by atoms with Gasteiger partial charge in [0.1, 0.15) is 6.10 Å². The molecule has 0 saturated carbocycles. The molecule has 0 aliphatic heterocycles. The quantitative estimate of drug-likeness (QED) is 0.784. The van der Waals surface area contributed by atoms with E-state index in [0.29, 0.717) is 5.82 Å². The van der Waals surface area contributed by atoms with Crippen molar-refractivity contribution in [1.82, 2.24) is 15.1 Å². The van der Waals surface area contributed by atoms with Gasteiger partial charge in [-0.15, -0.1) is 11.3 Å². The highest BCUT2D eigenvalue weighted by Crippen LogP contribution is 2.21. The van der Waals surface area contributed by atoms with Crippen molar-refractivity contribution in [2.75, 3.05) is 0 Å². The van der Waals surface area contributed by atoms with Gasteiger partial charge in [-0.05, 0) is 6.92 Å². The number of hydrogen-bond acceptors (Lipinski definition) is 6. The summed E-state index contributed by atoms with van der Waals surface area (Å²) < 4.78 is 4.82. The normalized spacial score (nSPS) is 13.1. The smallest absolute Gasteiger partial charge is 0.255 e. The molecule has 0 fully saturated rings. The molecule has 0 amide bonds. The van der Waals surface area contributed by atoms with Gasteiger partial charge in [0.15, 0.2) is 0 Å². The minimum atomic E-state index is -0.728. The lowest BCUT2D eigenvalue weighted by molar-refractivity contribution is 0.152. The van der Waals surface area contributed by atoms with Gasteiger partial charge in [-0.25, -0.2) is 0 Å². The molecular weight excluding hydrogens is 190 g/mol. The molecule has 1 atom stereocenters. The van der Waals surface area contributed by atoms with Crippen LogP contribution < -0.4 is 0 Å². The molecule has 1 unspecified atom stereocenters. The van der Waals surface area contributed by atoms with Crippen LogP contribution in [0.15, 0.2) is 16.2 Å². The van der Waals surface area contributed by atoms with Crippen LogP contribution in [0.3, 0.4) is 0 Å². The summed E-state index contributed by atoms with van der Waals surface area (Å²) >= 11 is 1.42. The Hall–Kier alpha value is -1.27. The van der Waals surface area contributed by atoms with Gasteiger partial charge in [0, 0.05) is 6.20 Å². The highest BCUT2D eigenvalue weighted by molar-refractivity contribution is 7.13. The van der Waals surface area contributed by atoms with Gasteiger partial charge >= 0.3 is 0 Å². The lowest BCUT2D eigenvalue weighted by Gasteiger charge is -1.91. The van der Waals surface area contributed by atoms with Crippen molar-refractivity contribution in [2.45, 2.75) is 13.0 Å². The first-order valence-corrected chi connectivity index (χ1v) is 4.56. The highest BCUT2D eigenvalue weighted by atomic mass is 32.1. The number of aliphatic hydroxyl groups excluding tert-OH is 1. The number of aliphatic hydroxyl groups is 1. The van der Waals surface area contributed by atoms with Gasteiger partial charge in [-0.2, -0.15) is 4.98 Å². The third kappa shape index (κ3) is 1.58. The van der Waals surface area contributed by atoms with Crippen molar-refractivity contribution in [2.24, 2.45) is 0 Å². The molecule has 1 N–H and O–H groups in total. The summed E-state index contributed by atoms with van der Waals surface area (Å²) in [6.45, 7) is 1.57. The first-order valence-electron chi connectivity index (χ1n) is 3.68. The fourth-order valence-electron chi connectivity index (χ4n) is 0.831. The van der Waals surface area contributed by atoms with Gasteiger partial charge in [0.25, 0.3) is 5.89 Å². The first kappa shape index (κ1) is 8.33. The Labute approximate surface area is 78.1 Å². The SMILES string of the molecule is CC(O)c1nc(-c2cncs2)no1. The zero-order chi connectivity index (χ0) is 9.26. The molecule has 0 radical (unpaired) electrons. The molecule has 0 aliphatic rings. The Morgan fingerprint density at radius 1 is 1.62 bits per heavy atom. The van der Waals surface area contributed by atoms with E-state index in [9.17, 15) is 0 Å². The Kier molecular flexibility index (Phi) is 2.07. The fourth-order valence-corrected chi connectivity index (χ4v) is 1.38. The van der Waals surface area contributed by atoms with E-state index in [0.717, 1.165) is 4.88 Å². The van der Waals surface area contributed by atoms with Crippen LogP contribution >= 0.6 is 11.3 Å². The van der Waals surface area contributed by atoms with E-state index in [1.165, 1.54) is 11.3 Å². The molecule has 0 aromatic carbocycles. The average Bonchev–Trinajstić information content (AvgIpc) is 2.75. The monoisotopic (exact) mass is 197 g/mol. The molecule has 2 rings (SSSR count). The maximum atomic E-state index is 9.13. The lowest BCUT2D eigenvalue weighted by Crippen LogP contribution is -1.89. The second-order valence-electron chi connectivity index (χ2n) is 2.50. The topological polar surface area (TPSA) is 72.0 Å². The summed E-state index contributed by atoms with van der Waals surface area (Å²) in [5, 5.41) is 12.8. The Bertz CT molecular complexity index is 382. The third-order valence-electron chi connectivity index (χ3n) is 1.45. The van der Waals surface area contributed by atoms with Gasteiger partial charge in [0.2, 0.25) is 5.82 Å². The molecule has 68 valence electrons. The number of hydrogen-bond donors (Lipinski definition) is 1. The molecule has 0 bridgehead atoms. The molecule has 2 aromatic rings. The van der Waals surface area contributed by atoms with Crippen molar-refractivity contribution in [1.29, 1.82) is 0 Å². The molecule has 2 heterocycles. The van der Waals surface area contributed by atoms with E-state index < -0.39 is 6.10 Å². The second kappa shape index (κ2) is 3.23. The van der Waals surface area contributed by atoms with Crippen LogP contribution in [-0.2, 0) is 0 Å². The van der Waals surface area contributed by atoms with Crippen molar-refractivity contribution in [3.8, 4) is 10.7 Å². The Balaban J connectivity index is 2.33. The number of aromatic nitrogens is 3. The largest absolute Gasteiger partial charge is 0.384 e. The molecule has 0 aliphatic carbocycles. The van der Waals surface area contributed by atoms with Crippen molar-refractivity contribution < 1.29 is 9.63 Å². The van der Waals surface area contributed by atoms with E-state index in [1.807, 2.05) is 0 Å². The summed E-state index contributed by atoms with van der Waals surface area (Å²) in [5.41, 5.74) is 1.69. The van der Waals surface area contributed by atoms with Crippen LogP contribution in [0.5, 0.6) is 0 Å². The molecule has 6 heteroatoms. The summed E-state index contributed by atoms with van der Waals surface area (Å²) in [6, 6.07) is 0. The predicted molar refractivity (Wildman–Crippen MR) is 46.0 cm³/mol. The first-order chi connectivity index (χ1) is 6.27. The molecule has 13 heavy (non-hydrogen) atoms. The average molecular weight is 197 g/mol. The number of thiazole rings is 1. The van der Waals surface area contributed by atoms with Crippen LogP contribution in [0.2, 0.25) is 0 Å². The van der Waals surface area contributed by atoms with Gasteiger partial charge < -0.3 is 9.63 Å². The van der Waals surface area contributed by atoms with Gasteiger partial charge in [0.05, 0.1) is 10.4 Å². The number of nitrogens with zero attached hydrogens (tertiary/aromatic N) is 3. The maximum absolute atomic E-state index is 9.13. The van der Waals surface area contributed by atoms with Gasteiger partial charge in [-0.1, -0.05) is 5.16 Å². The zero-order valence-electron chi connectivity index (χ0n) is 6.84. The molecular formula is C7H7N3O2S. The third-order valence-corrected chi connectivity index (χ3v) is 2.22. The van der Waals surface area contributed by atoms with Crippen LogP contribution in [-0.4, -0.2) is 20.2 Å². The molecule has 5 nitrogen and oxygen atoms in total. The molecule has 2 aromatic heterocycles. The van der Waals surface area contributed by atoms with Crippen molar-refractivity contribution in [3.05, 3.63) is 17.6 Å². The second-order valence-corrected chi connectivity index (χ2v) is 3.38. The minimum Gasteiger partial charge on any atom is -0.384 e. The highest BCUT2D eigenvalue weighted by Gasteiger charge is 2.12. The van der Waals surface area contributed by atoms with Crippen LogP contribution in [0.25, 0.3) is 10.7 Å². The van der Waals surface area contributed by atoms with E-state index in [1.54, 1.807) is 18.6 Å². The fraction of sp³-hybridized carbons (Fsp3) is 0.286. The maximum Gasteiger partial charge on any atom is 0.255 e. The minimum absolute atomic E-state index is 0.225. The van der Waals surface area contributed by atoms with E-state index in [4.69, 9.17) is 9.63 Å². The lowest BCUT2D eigenvalue weighted by atomic mass is 10.4. The zero-order valence-corrected chi connectivity index (χ0v) is 7.65. The molecule has 0 spiro atoms. The summed E-state index contributed by atoms with van der Waals surface area (Å²) in [5.74, 6) is 0.696. The van der Waals surface area contributed by atoms with Crippen LogP contribution in [0.1, 0.15) is 18.9 Å². The standard InChI is InChI=1S/C7H7N3O2S/c1-4(11)7-9-6(10-12-7)5-2-8-3-13-5/h2-4,11H,1H3.